The summed E-state index contributed by atoms with van der Waals surface area (Å²) in [5.74, 6) is 0.179. The fourth-order valence-corrected chi connectivity index (χ4v) is 6.40. The van der Waals surface area contributed by atoms with E-state index in [-0.39, 0.29) is 23.0 Å². The van der Waals surface area contributed by atoms with Gasteiger partial charge in [0.2, 0.25) is 5.91 Å². The molecule has 4 aromatic rings. The Labute approximate surface area is 223 Å². The third kappa shape index (κ3) is 6.29. The molecule has 1 heterocycles. The summed E-state index contributed by atoms with van der Waals surface area (Å²) in [4.78, 5) is 17.6. The van der Waals surface area contributed by atoms with Crippen LogP contribution in [0.15, 0.2) is 107 Å². The van der Waals surface area contributed by atoms with Crippen LogP contribution in [0.2, 0.25) is 0 Å². The maximum Gasteiger partial charge on any atom is 0.220 e. The van der Waals surface area contributed by atoms with Crippen LogP contribution < -0.4 is 10.6 Å². The predicted octanol–water partition coefficient (Wildman–Crippen LogP) is 4.50. The quantitative estimate of drug-likeness (QED) is 0.319. The molecule has 38 heavy (non-hydrogen) atoms. The second kappa shape index (κ2) is 11.6. The van der Waals surface area contributed by atoms with E-state index in [0.29, 0.717) is 13.0 Å². The highest BCUT2D eigenvalue weighted by molar-refractivity contribution is 7.91. The van der Waals surface area contributed by atoms with Gasteiger partial charge in [-0.3, -0.25) is 9.79 Å². The molecule has 0 fully saturated rings. The van der Waals surface area contributed by atoms with E-state index in [4.69, 9.17) is 0 Å². The van der Waals surface area contributed by atoms with Gasteiger partial charge in [0, 0.05) is 31.0 Å². The Hall–Kier alpha value is -3.97. The van der Waals surface area contributed by atoms with E-state index in [0.717, 1.165) is 46.4 Å². The van der Waals surface area contributed by atoms with Gasteiger partial charge >= 0.3 is 0 Å². The monoisotopic (exact) mass is 525 g/mol. The lowest BCUT2D eigenvalue weighted by atomic mass is 9.97. The van der Waals surface area contributed by atoms with E-state index in [1.807, 2.05) is 84.9 Å². The summed E-state index contributed by atoms with van der Waals surface area (Å²) < 4.78 is 26.8. The fourth-order valence-electron chi connectivity index (χ4n) is 4.78. The van der Waals surface area contributed by atoms with Gasteiger partial charge in [0.25, 0.3) is 0 Å². The molecule has 1 atom stereocenters. The number of amidine groups is 1. The van der Waals surface area contributed by atoms with Crippen LogP contribution in [0.1, 0.15) is 29.0 Å². The van der Waals surface area contributed by atoms with E-state index < -0.39 is 15.8 Å². The first-order chi connectivity index (χ1) is 18.5. The summed E-state index contributed by atoms with van der Waals surface area (Å²) in [5, 5.41) is 8.12. The van der Waals surface area contributed by atoms with E-state index in [1.165, 1.54) is 0 Å². The van der Waals surface area contributed by atoms with Gasteiger partial charge in [-0.25, -0.2) is 8.42 Å². The molecule has 0 bridgehead atoms. The predicted molar refractivity (Wildman–Crippen MR) is 152 cm³/mol. The zero-order valence-electron chi connectivity index (χ0n) is 21.1. The van der Waals surface area contributed by atoms with E-state index in [2.05, 4.69) is 15.6 Å². The second-order valence-corrected chi connectivity index (χ2v) is 11.6. The summed E-state index contributed by atoms with van der Waals surface area (Å²) in [6.07, 6.45) is 0.790. The molecule has 6 nitrogen and oxygen atoms in total. The van der Waals surface area contributed by atoms with Crippen molar-refractivity contribution in [3.05, 3.63) is 114 Å². The molecule has 0 unspecified atom stereocenters. The zero-order valence-corrected chi connectivity index (χ0v) is 22.0. The molecule has 2 N–H and O–H groups in total. The Morgan fingerprint density at radius 2 is 1.63 bits per heavy atom. The van der Waals surface area contributed by atoms with Gasteiger partial charge in [-0.1, -0.05) is 84.9 Å². The minimum absolute atomic E-state index is 0.0985. The van der Waals surface area contributed by atoms with Crippen LogP contribution >= 0.6 is 0 Å². The number of amides is 1. The number of hydrogen-bond acceptors (Lipinski definition) is 5. The smallest absolute Gasteiger partial charge is 0.220 e. The maximum absolute atomic E-state index is 13.4. The molecule has 0 aromatic heterocycles. The SMILES string of the molecule is O=C(C[C@@H](CS(=O)(=O)c1ccc2ccccc2c1)c1ccccc1)NCCc1ccc(C2=NCCN2)cc1. The second-order valence-electron chi connectivity index (χ2n) is 9.56. The number of benzene rings is 4. The largest absolute Gasteiger partial charge is 0.368 e. The van der Waals surface area contributed by atoms with Crippen LogP contribution in [0.25, 0.3) is 10.8 Å². The number of carbonyl (C=O) groups excluding carboxylic acids is 1. The van der Waals surface area contributed by atoms with Gasteiger partial charge in [0.15, 0.2) is 9.84 Å². The van der Waals surface area contributed by atoms with Crippen molar-refractivity contribution in [1.29, 1.82) is 0 Å². The zero-order chi connectivity index (χ0) is 26.4. The summed E-state index contributed by atoms with van der Waals surface area (Å²) in [6.45, 7) is 2.16. The van der Waals surface area contributed by atoms with Gasteiger partial charge in [-0.2, -0.15) is 0 Å². The molecule has 0 saturated carbocycles. The van der Waals surface area contributed by atoms with Crippen LogP contribution in [0.5, 0.6) is 0 Å². The Kier molecular flexibility index (Phi) is 7.84. The summed E-state index contributed by atoms with van der Waals surface area (Å²) in [6, 6.07) is 30.5. The number of nitrogens with one attached hydrogen (secondary N) is 2. The van der Waals surface area contributed by atoms with E-state index in [9.17, 15) is 13.2 Å². The van der Waals surface area contributed by atoms with Crippen molar-refractivity contribution in [3.8, 4) is 0 Å². The molecule has 1 aliphatic heterocycles. The Bertz CT molecular complexity index is 1550. The number of sulfone groups is 1. The van der Waals surface area contributed by atoms with E-state index in [1.54, 1.807) is 12.1 Å². The van der Waals surface area contributed by atoms with Gasteiger partial charge in [-0.15, -0.1) is 0 Å². The molecule has 0 saturated heterocycles. The van der Waals surface area contributed by atoms with Crippen molar-refractivity contribution in [1.82, 2.24) is 10.6 Å². The number of aliphatic imine (C=N–C) groups is 1. The van der Waals surface area contributed by atoms with Crippen LogP contribution in [0.3, 0.4) is 0 Å². The maximum atomic E-state index is 13.4. The molecule has 0 spiro atoms. The average Bonchev–Trinajstić information content (AvgIpc) is 3.48. The number of fused-ring (bicyclic) bond motifs is 1. The Morgan fingerprint density at radius 1 is 0.895 bits per heavy atom. The van der Waals surface area contributed by atoms with Gasteiger partial charge in [-0.05, 0) is 40.5 Å². The highest BCUT2D eigenvalue weighted by Gasteiger charge is 2.25. The molecule has 0 radical (unpaired) electrons. The first-order valence-electron chi connectivity index (χ1n) is 12.9. The van der Waals surface area contributed by atoms with Gasteiger partial charge in [0.1, 0.15) is 5.84 Å². The molecule has 0 aliphatic carbocycles. The molecule has 194 valence electrons. The lowest BCUT2D eigenvalue weighted by Gasteiger charge is -2.18. The minimum Gasteiger partial charge on any atom is -0.368 e. The number of nitrogens with zero attached hydrogens (tertiary/aromatic N) is 1. The fraction of sp³-hybridized carbons (Fsp3) is 0.226. The molecule has 1 amide bonds. The topological polar surface area (TPSA) is 87.6 Å². The summed E-state index contributed by atoms with van der Waals surface area (Å²) >= 11 is 0. The van der Waals surface area contributed by atoms with Gasteiger partial charge < -0.3 is 10.6 Å². The van der Waals surface area contributed by atoms with E-state index >= 15 is 0 Å². The summed E-state index contributed by atoms with van der Waals surface area (Å²) in [7, 11) is -3.61. The molecular formula is C31H31N3O3S. The van der Waals surface area contributed by atoms with Crippen LogP contribution in [-0.2, 0) is 21.1 Å². The highest BCUT2D eigenvalue weighted by Crippen LogP contribution is 2.27. The normalized spacial score (nSPS) is 14.1. The average molecular weight is 526 g/mol. The van der Waals surface area contributed by atoms with Crippen LogP contribution in [0, 0.1) is 0 Å². The lowest BCUT2D eigenvalue weighted by molar-refractivity contribution is -0.121. The van der Waals surface area contributed by atoms with Crippen molar-refractivity contribution in [3.63, 3.8) is 0 Å². The van der Waals surface area contributed by atoms with Gasteiger partial charge in [0.05, 0.1) is 17.2 Å². The number of carbonyl (C=O) groups is 1. The van der Waals surface area contributed by atoms with Crippen LogP contribution in [0.4, 0.5) is 0 Å². The third-order valence-corrected chi connectivity index (χ3v) is 8.65. The van der Waals surface area contributed by atoms with Crippen molar-refractivity contribution < 1.29 is 13.2 Å². The number of rotatable bonds is 10. The van der Waals surface area contributed by atoms with Crippen molar-refractivity contribution >= 4 is 32.4 Å². The van der Waals surface area contributed by atoms with Crippen LogP contribution in [-0.4, -0.2) is 45.5 Å². The van der Waals surface area contributed by atoms with Crippen molar-refractivity contribution in [2.75, 3.05) is 25.4 Å². The standard InChI is InChI=1S/C31H31N3O3S/c35-30(32-17-16-23-10-12-26(13-11-23)31-33-18-19-34-31)21-28(24-6-2-1-3-7-24)22-38(36,37)29-15-14-25-8-4-5-9-27(25)20-29/h1-15,20,28H,16-19,21-22H2,(H,32,35)(H,33,34)/t28-/m0/s1. The molecule has 4 aromatic carbocycles. The van der Waals surface area contributed by atoms with Crippen molar-refractivity contribution in [2.45, 2.75) is 23.7 Å². The molecule has 1 aliphatic rings. The van der Waals surface area contributed by atoms with Crippen molar-refractivity contribution in [2.24, 2.45) is 4.99 Å². The molecular weight excluding hydrogens is 494 g/mol. The summed E-state index contributed by atoms with van der Waals surface area (Å²) in [5.41, 5.74) is 3.02. The first kappa shape index (κ1) is 25.7. The highest BCUT2D eigenvalue weighted by atomic mass is 32.2. The third-order valence-electron chi connectivity index (χ3n) is 6.84. The lowest BCUT2D eigenvalue weighted by Crippen LogP contribution is -2.29. The Balaban J connectivity index is 1.23. The Morgan fingerprint density at radius 3 is 2.37 bits per heavy atom. The molecule has 7 heteroatoms. The molecule has 5 rings (SSSR count). The first-order valence-corrected chi connectivity index (χ1v) is 14.5. The minimum atomic E-state index is -3.61. The number of hydrogen-bond donors (Lipinski definition) is 2.